The number of hydrogen-bond donors (Lipinski definition) is 1. The molecule has 1 heterocycles. The molecule has 0 spiro atoms. The summed E-state index contributed by atoms with van der Waals surface area (Å²) >= 11 is 0. The van der Waals surface area contributed by atoms with Crippen molar-refractivity contribution in [1.82, 2.24) is 5.32 Å². The van der Waals surface area contributed by atoms with E-state index in [1.807, 2.05) is 24.3 Å². The summed E-state index contributed by atoms with van der Waals surface area (Å²) in [7, 11) is 0. The van der Waals surface area contributed by atoms with E-state index in [0.717, 1.165) is 24.2 Å². The van der Waals surface area contributed by atoms with Crippen LogP contribution in [0.2, 0.25) is 0 Å². The minimum atomic E-state index is -0.762. The van der Waals surface area contributed by atoms with Gasteiger partial charge in [-0.15, -0.1) is 0 Å². The molecule has 0 saturated heterocycles. The fourth-order valence-corrected chi connectivity index (χ4v) is 2.49. The first-order valence-corrected chi connectivity index (χ1v) is 6.69. The maximum absolute atomic E-state index is 12.2. The normalized spacial score (nSPS) is 23.2. The van der Waals surface area contributed by atoms with Crippen LogP contribution in [0, 0.1) is 16.7 Å². The van der Waals surface area contributed by atoms with Crippen molar-refractivity contribution in [3.63, 3.8) is 0 Å². The van der Waals surface area contributed by atoms with Crippen molar-refractivity contribution in [2.75, 3.05) is 6.61 Å². The molecule has 1 aliphatic heterocycles. The minimum Gasteiger partial charge on any atom is -0.493 e. The van der Waals surface area contributed by atoms with E-state index in [1.165, 1.54) is 0 Å². The van der Waals surface area contributed by atoms with Crippen LogP contribution in [-0.2, 0) is 4.79 Å². The van der Waals surface area contributed by atoms with Crippen LogP contribution in [0.15, 0.2) is 24.3 Å². The second-order valence-electron chi connectivity index (χ2n) is 5.25. The number of amides is 1. The van der Waals surface area contributed by atoms with Gasteiger partial charge in [0.05, 0.1) is 18.7 Å². The van der Waals surface area contributed by atoms with Gasteiger partial charge in [0.25, 0.3) is 0 Å². The van der Waals surface area contributed by atoms with Gasteiger partial charge in [0.1, 0.15) is 11.2 Å². The number of ether oxygens (including phenoxy) is 1. The van der Waals surface area contributed by atoms with Crippen molar-refractivity contribution in [3.8, 4) is 11.8 Å². The molecule has 0 aromatic heterocycles. The number of hydrogen-bond acceptors (Lipinski definition) is 3. The van der Waals surface area contributed by atoms with Gasteiger partial charge < -0.3 is 10.1 Å². The van der Waals surface area contributed by atoms with E-state index in [4.69, 9.17) is 10.00 Å². The highest BCUT2D eigenvalue weighted by molar-refractivity contribution is 5.88. The molecule has 0 radical (unpaired) electrons. The van der Waals surface area contributed by atoms with E-state index in [2.05, 4.69) is 11.4 Å². The molecule has 0 bridgehead atoms. The molecule has 1 aromatic carbocycles. The highest BCUT2D eigenvalue weighted by atomic mass is 16.5. The van der Waals surface area contributed by atoms with Gasteiger partial charge >= 0.3 is 0 Å². The van der Waals surface area contributed by atoms with Crippen LogP contribution in [-0.4, -0.2) is 12.5 Å². The SMILES string of the molecule is N#CC1(C(=O)N[C@H]2CCCOc3ccccc32)CC1. The molecule has 4 heteroatoms. The van der Waals surface area contributed by atoms with E-state index >= 15 is 0 Å². The number of fused-ring (bicyclic) bond motifs is 1. The van der Waals surface area contributed by atoms with E-state index < -0.39 is 5.41 Å². The first kappa shape index (κ1) is 12.0. The Hall–Kier alpha value is -2.02. The van der Waals surface area contributed by atoms with Crippen molar-refractivity contribution in [2.24, 2.45) is 5.41 Å². The van der Waals surface area contributed by atoms with Crippen molar-refractivity contribution in [3.05, 3.63) is 29.8 Å². The first-order valence-electron chi connectivity index (χ1n) is 6.69. The Morgan fingerprint density at radius 1 is 1.42 bits per heavy atom. The van der Waals surface area contributed by atoms with E-state index in [-0.39, 0.29) is 11.9 Å². The topological polar surface area (TPSA) is 62.1 Å². The summed E-state index contributed by atoms with van der Waals surface area (Å²) in [4.78, 5) is 12.2. The minimum absolute atomic E-state index is 0.0444. The molecular formula is C15H16N2O2. The molecule has 98 valence electrons. The van der Waals surface area contributed by atoms with Crippen molar-refractivity contribution >= 4 is 5.91 Å². The van der Waals surface area contributed by atoms with E-state index in [9.17, 15) is 4.79 Å². The zero-order chi connectivity index (χ0) is 13.3. The zero-order valence-corrected chi connectivity index (χ0v) is 10.7. The molecule has 4 nitrogen and oxygen atoms in total. The molecule has 1 atom stereocenters. The largest absolute Gasteiger partial charge is 0.493 e. The summed E-state index contributed by atoms with van der Waals surface area (Å²) in [6.45, 7) is 0.673. The Kier molecular flexibility index (Phi) is 2.90. The fraction of sp³-hybridized carbons (Fsp3) is 0.467. The van der Waals surface area contributed by atoms with Gasteiger partial charge in [-0.05, 0) is 31.7 Å². The summed E-state index contributed by atoms with van der Waals surface area (Å²) in [5.41, 5.74) is 0.254. The van der Waals surface area contributed by atoms with E-state index in [1.54, 1.807) is 0 Å². The summed E-state index contributed by atoms with van der Waals surface area (Å²) in [5, 5.41) is 12.1. The fourth-order valence-electron chi connectivity index (χ4n) is 2.49. The van der Waals surface area contributed by atoms with Crippen LogP contribution in [0.25, 0.3) is 0 Å². The van der Waals surface area contributed by atoms with Crippen LogP contribution in [0.5, 0.6) is 5.75 Å². The third-order valence-corrected chi connectivity index (χ3v) is 3.89. The Morgan fingerprint density at radius 2 is 2.21 bits per heavy atom. The van der Waals surface area contributed by atoms with Crippen molar-refractivity contribution < 1.29 is 9.53 Å². The van der Waals surface area contributed by atoms with E-state index in [0.29, 0.717) is 19.4 Å². The predicted molar refractivity (Wildman–Crippen MR) is 69.3 cm³/mol. The third kappa shape index (κ3) is 2.17. The van der Waals surface area contributed by atoms with Crippen LogP contribution < -0.4 is 10.1 Å². The molecule has 2 aliphatic rings. The Balaban J connectivity index is 1.81. The number of nitrogens with zero attached hydrogens (tertiary/aromatic N) is 1. The molecule has 1 saturated carbocycles. The van der Waals surface area contributed by atoms with Gasteiger partial charge in [0, 0.05) is 5.56 Å². The first-order chi connectivity index (χ1) is 9.25. The summed E-state index contributed by atoms with van der Waals surface area (Å²) in [6, 6.07) is 9.88. The maximum atomic E-state index is 12.2. The Bertz CT molecular complexity index is 543. The molecule has 1 aromatic rings. The molecule has 1 fully saturated rings. The monoisotopic (exact) mass is 256 g/mol. The third-order valence-electron chi connectivity index (χ3n) is 3.89. The average molecular weight is 256 g/mol. The van der Waals surface area contributed by atoms with Crippen LogP contribution >= 0.6 is 0 Å². The predicted octanol–water partition coefficient (Wildman–Crippen LogP) is 2.32. The van der Waals surface area contributed by atoms with Gasteiger partial charge in [-0.25, -0.2) is 0 Å². The lowest BCUT2D eigenvalue weighted by molar-refractivity contribution is -0.125. The van der Waals surface area contributed by atoms with Crippen LogP contribution in [0.4, 0.5) is 0 Å². The average Bonchev–Trinajstić information content (AvgIpc) is 3.24. The van der Waals surface area contributed by atoms with Crippen molar-refractivity contribution in [1.29, 1.82) is 5.26 Å². The van der Waals surface area contributed by atoms with Gasteiger partial charge in [0.2, 0.25) is 5.91 Å². The van der Waals surface area contributed by atoms with Gasteiger partial charge in [0.15, 0.2) is 0 Å². The van der Waals surface area contributed by atoms with Crippen molar-refractivity contribution in [2.45, 2.75) is 31.7 Å². The lowest BCUT2D eigenvalue weighted by atomic mass is 10.00. The van der Waals surface area contributed by atoms with Crippen LogP contribution in [0.1, 0.15) is 37.3 Å². The molecule has 1 N–H and O–H groups in total. The smallest absolute Gasteiger partial charge is 0.240 e. The molecule has 0 unspecified atom stereocenters. The molecule has 3 rings (SSSR count). The van der Waals surface area contributed by atoms with Crippen LogP contribution in [0.3, 0.4) is 0 Å². The molecular weight excluding hydrogens is 240 g/mol. The number of carbonyl (C=O) groups excluding carboxylic acids is 1. The Morgan fingerprint density at radius 3 is 2.95 bits per heavy atom. The zero-order valence-electron chi connectivity index (χ0n) is 10.7. The lowest BCUT2D eigenvalue weighted by Crippen LogP contribution is -2.34. The molecule has 19 heavy (non-hydrogen) atoms. The maximum Gasteiger partial charge on any atom is 0.240 e. The number of benzene rings is 1. The number of nitrogens with one attached hydrogen (secondary N) is 1. The standard InChI is InChI=1S/C15H16N2O2/c16-10-15(7-8-15)14(18)17-12-5-3-9-19-13-6-2-1-4-11(12)13/h1-2,4,6,12H,3,5,7-9H2,(H,17,18)/t12-/m0/s1. The number of rotatable bonds is 2. The molecule has 1 amide bonds. The highest BCUT2D eigenvalue weighted by Gasteiger charge is 2.51. The Labute approximate surface area is 112 Å². The number of carbonyl (C=O) groups is 1. The van der Waals surface area contributed by atoms with Gasteiger partial charge in [-0.3, -0.25) is 4.79 Å². The molecule has 1 aliphatic carbocycles. The number of para-hydroxylation sites is 1. The highest BCUT2D eigenvalue weighted by Crippen LogP contribution is 2.45. The second kappa shape index (κ2) is 4.58. The van der Waals surface area contributed by atoms with Gasteiger partial charge in [-0.2, -0.15) is 5.26 Å². The lowest BCUT2D eigenvalue weighted by Gasteiger charge is -2.19. The number of nitriles is 1. The quantitative estimate of drug-likeness (QED) is 0.883. The summed E-state index contributed by atoms with van der Waals surface area (Å²) in [6.07, 6.45) is 3.11. The summed E-state index contributed by atoms with van der Waals surface area (Å²) in [5.74, 6) is 0.712. The second-order valence-corrected chi connectivity index (χ2v) is 5.25. The van der Waals surface area contributed by atoms with Gasteiger partial charge in [-0.1, -0.05) is 18.2 Å². The summed E-state index contributed by atoms with van der Waals surface area (Å²) < 4.78 is 5.67.